The third-order valence-electron chi connectivity index (χ3n) is 4.69. The van der Waals surface area contributed by atoms with E-state index in [1.807, 2.05) is 0 Å². The Morgan fingerprint density at radius 1 is 1.25 bits per heavy atom. The van der Waals surface area contributed by atoms with Crippen molar-refractivity contribution in [2.75, 3.05) is 5.32 Å². The Labute approximate surface area is 183 Å². The average Bonchev–Trinajstić information content (AvgIpc) is 3.45. The van der Waals surface area contributed by atoms with E-state index in [-0.39, 0.29) is 34.9 Å². The van der Waals surface area contributed by atoms with Gasteiger partial charge in [-0.1, -0.05) is 12.1 Å². The van der Waals surface area contributed by atoms with Crippen LogP contribution in [-0.4, -0.2) is 26.3 Å². The van der Waals surface area contributed by atoms with Crippen LogP contribution in [-0.2, 0) is 6.18 Å². The fourth-order valence-corrected chi connectivity index (χ4v) is 3.63. The Morgan fingerprint density at radius 3 is 2.75 bits per heavy atom. The molecule has 164 valence electrons. The highest BCUT2D eigenvalue weighted by Gasteiger charge is 2.31. The normalized spacial score (nSPS) is 14.6. The molecule has 1 aliphatic heterocycles. The quantitative estimate of drug-likeness (QED) is 0.603. The van der Waals surface area contributed by atoms with Crippen LogP contribution in [0.2, 0.25) is 0 Å². The van der Waals surface area contributed by atoms with Gasteiger partial charge in [0.15, 0.2) is 0 Å². The molecule has 2 N–H and O–H groups in total. The number of anilines is 1. The number of hydrogen-bond donors (Lipinski definition) is 2. The first kappa shape index (κ1) is 21.7. The van der Waals surface area contributed by atoms with Crippen molar-refractivity contribution in [2.24, 2.45) is 4.99 Å². The number of benzene rings is 1. The van der Waals surface area contributed by atoms with Gasteiger partial charge in [-0.25, -0.2) is 9.98 Å². The van der Waals surface area contributed by atoms with Crippen LogP contribution in [0, 0.1) is 0 Å². The van der Waals surface area contributed by atoms with Crippen molar-refractivity contribution in [3.8, 4) is 0 Å². The minimum Gasteiger partial charge on any atom is -0.382 e. The fourth-order valence-electron chi connectivity index (χ4n) is 3.10. The van der Waals surface area contributed by atoms with Gasteiger partial charge in [0.2, 0.25) is 0 Å². The second kappa shape index (κ2) is 8.52. The van der Waals surface area contributed by atoms with E-state index in [1.165, 1.54) is 51.9 Å². The number of aliphatic hydroxyl groups excluding tert-OH is 1. The summed E-state index contributed by atoms with van der Waals surface area (Å²) in [6, 6.07) is 7.10. The summed E-state index contributed by atoms with van der Waals surface area (Å²) in [7, 11) is 0. The van der Waals surface area contributed by atoms with Crippen LogP contribution in [0.4, 0.5) is 18.9 Å². The molecule has 11 heteroatoms. The zero-order valence-corrected chi connectivity index (χ0v) is 17.0. The molecule has 0 aliphatic carbocycles. The molecule has 1 unspecified atom stereocenters. The Balaban J connectivity index is 1.51. The summed E-state index contributed by atoms with van der Waals surface area (Å²) in [5, 5.41) is 14.7. The molecule has 32 heavy (non-hydrogen) atoms. The van der Waals surface area contributed by atoms with E-state index >= 15 is 0 Å². The molecule has 1 aliphatic rings. The Kier molecular flexibility index (Phi) is 5.76. The summed E-state index contributed by atoms with van der Waals surface area (Å²) in [5.74, 6) is -0.221. The molecule has 4 rings (SSSR count). The number of allylic oxidation sites excluding steroid dienone is 1. The number of amides is 1. The van der Waals surface area contributed by atoms with Gasteiger partial charge >= 0.3 is 6.18 Å². The van der Waals surface area contributed by atoms with Crippen molar-refractivity contribution in [1.82, 2.24) is 9.55 Å². The molecular formula is C21H15F3N4O3S. The maximum absolute atomic E-state index is 12.9. The van der Waals surface area contributed by atoms with Crippen LogP contribution in [0.3, 0.4) is 0 Å². The van der Waals surface area contributed by atoms with E-state index < -0.39 is 29.3 Å². The first-order valence-corrected chi connectivity index (χ1v) is 10.2. The summed E-state index contributed by atoms with van der Waals surface area (Å²) in [5.41, 5.74) is 0.945. The van der Waals surface area contributed by atoms with Crippen LogP contribution in [0.1, 0.15) is 34.1 Å². The van der Waals surface area contributed by atoms with Crippen LogP contribution in [0.15, 0.2) is 69.3 Å². The van der Waals surface area contributed by atoms with Crippen LogP contribution < -0.4 is 10.9 Å². The lowest BCUT2D eigenvalue weighted by molar-refractivity contribution is -0.137. The van der Waals surface area contributed by atoms with Gasteiger partial charge in [-0.15, -0.1) is 11.3 Å². The molecule has 0 saturated carbocycles. The highest BCUT2D eigenvalue weighted by Crippen LogP contribution is 2.32. The molecule has 1 aromatic carbocycles. The zero-order chi connectivity index (χ0) is 22.9. The molecular weight excluding hydrogens is 445 g/mol. The van der Waals surface area contributed by atoms with Crippen molar-refractivity contribution in [1.29, 1.82) is 0 Å². The molecule has 0 radical (unpaired) electrons. The first-order valence-electron chi connectivity index (χ1n) is 9.28. The number of carbonyl (C=O) groups is 1. The lowest BCUT2D eigenvalue weighted by atomic mass is 10.0. The number of nitrogens with one attached hydrogen (secondary N) is 1. The van der Waals surface area contributed by atoms with Gasteiger partial charge in [0.05, 0.1) is 16.8 Å². The number of pyridine rings is 1. The number of halogens is 3. The van der Waals surface area contributed by atoms with Gasteiger partial charge in [0.1, 0.15) is 17.6 Å². The van der Waals surface area contributed by atoms with E-state index in [4.69, 9.17) is 0 Å². The van der Waals surface area contributed by atoms with E-state index in [0.717, 1.165) is 12.1 Å². The SMILES string of the molecule is O=C(Nc1ccn(C2=CCC(C(O)c3cccc(C(F)(F)F)c3)=N2)c(=O)c1)c1cscn1. The van der Waals surface area contributed by atoms with Crippen molar-refractivity contribution >= 4 is 34.5 Å². The second-order valence-corrected chi connectivity index (χ2v) is 7.57. The van der Waals surface area contributed by atoms with Gasteiger partial charge in [-0.05, 0) is 29.8 Å². The third-order valence-corrected chi connectivity index (χ3v) is 5.27. The zero-order valence-electron chi connectivity index (χ0n) is 16.2. The molecule has 2 aromatic heterocycles. The summed E-state index contributed by atoms with van der Waals surface area (Å²) in [6.45, 7) is 0. The summed E-state index contributed by atoms with van der Waals surface area (Å²) in [4.78, 5) is 32.7. The van der Waals surface area contributed by atoms with Gasteiger partial charge in [0, 0.05) is 29.8 Å². The van der Waals surface area contributed by atoms with E-state index in [9.17, 15) is 27.9 Å². The molecule has 0 saturated heterocycles. The number of carbonyl (C=O) groups excluding carboxylic acids is 1. The van der Waals surface area contributed by atoms with Crippen LogP contribution in [0.25, 0.3) is 5.82 Å². The minimum absolute atomic E-state index is 0.0562. The lowest BCUT2D eigenvalue weighted by Gasteiger charge is -2.14. The van der Waals surface area contributed by atoms with Gasteiger partial charge in [0.25, 0.3) is 11.5 Å². The molecule has 1 amide bonds. The van der Waals surface area contributed by atoms with Gasteiger partial charge < -0.3 is 10.4 Å². The molecule has 7 nitrogen and oxygen atoms in total. The van der Waals surface area contributed by atoms with E-state index in [1.54, 1.807) is 11.5 Å². The fraction of sp³-hybridized carbons (Fsp3) is 0.143. The first-order chi connectivity index (χ1) is 15.2. The van der Waals surface area contributed by atoms with E-state index in [0.29, 0.717) is 0 Å². The standard InChI is InChI=1S/C21H15F3N4O3S/c22-21(23,24)13-3-1-2-12(8-13)19(30)15-4-5-17(27-15)28-7-6-14(9-18(28)29)26-20(31)16-10-32-11-25-16/h1-3,5-11,19,30H,4H2,(H,26,31). The molecule has 3 heterocycles. The van der Waals surface area contributed by atoms with Crippen molar-refractivity contribution in [3.05, 3.63) is 86.7 Å². The van der Waals surface area contributed by atoms with Crippen molar-refractivity contribution in [2.45, 2.75) is 18.7 Å². The van der Waals surface area contributed by atoms with Crippen LogP contribution >= 0.6 is 11.3 Å². The smallest absolute Gasteiger partial charge is 0.382 e. The Hall–Kier alpha value is -3.57. The highest BCUT2D eigenvalue weighted by molar-refractivity contribution is 7.07. The molecule has 1 atom stereocenters. The number of alkyl halides is 3. The maximum atomic E-state index is 12.9. The molecule has 0 spiro atoms. The number of hydrogen-bond acceptors (Lipinski definition) is 6. The number of thiazole rings is 1. The Morgan fingerprint density at radius 2 is 2.06 bits per heavy atom. The Bertz CT molecular complexity index is 1280. The third kappa shape index (κ3) is 4.53. The predicted octanol–water partition coefficient (Wildman–Crippen LogP) is 3.95. The highest BCUT2D eigenvalue weighted by atomic mass is 32.1. The van der Waals surface area contributed by atoms with Crippen LogP contribution in [0.5, 0.6) is 0 Å². The number of aliphatic imine (C=N–C) groups is 1. The lowest BCUT2D eigenvalue weighted by Crippen LogP contribution is -2.20. The predicted molar refractivity (Wildman–Crippen MR) is 113 cm³/mol. The summed E-state index contributed by atoms with van der Waals surface area (Å²) >= 11 is 1.27. The maximum Gasteiger partial charge on any atom is 0.416 e. The van der Waals surface area contributed by atoms with Crippen molar-refractivity contribution < 1.29 is 23.1 Å². The number of nitrogens with zero attached hydrogens (tertiary/aromatic N) is 3. The topological polar surface area (TPSA) is 96.6 Å². The van der Waals surface area contributed by atoms with E-state index in [2.05, 4.69) is 15.3 Å². The van der Waals surface area contributed by atoms with Gasteiger partial charge in [-0.2, -0.15) is 13.2 Å². The van der Waals surface area contributed by atoms with Gasteiger partial charge in [-0.3, -0.25) is 14.2 Å². The molecule has 0 bridgehead atoms. The number of aliphatic hydroxyl groups is 1. The van der Waals surface area contributed by atoms with Crippen molar-refractivity contribution in [3.63, 3.8) is 0 Å². The number of rotatable bonds is 5. The average molecular weight is 460 g/mol. The minimum atomic E-state index is -4.53. The largest absolute Gasteiger partial charge is 0.416 e. The molecule has 0 fully saturated rings. The summed E-state index contributed by atoms with van der Waals surface area (Å²) in [6.07, 6.45) is -2.71. The summed E-state index contributed by atoms with van der Waals surface area (Å²) < 4.78 is 40.0. The number of aromatic nitrogens is 2. The monoisotopic (exact) mass is 460 g/mol. The second-order valence-electron chi connectivity index (χ2n) is 6.85. The molecule has 3 aromatic rings.